The van der Waals surface area contributed by atoms with Crippen LogP contribution in [0.25, 0.3) is 22.8 Å². The van der Waals surface area contributed by atoms with Crippen LogP contribution in [0.2, 0.25) is 0 Å². The summed E-state index contributed by atoms with van der Waals surface area (Å²) in [7, 11) is 0. The second kappa shape index (κ2) is 11.9. The normalized spacial score (nSPS) is 9.91. The van der Waals surface area contributed by atoms with Crippen LogP contribution < -0.4 is 4.73 Å². The van der Waals surface area contributed by atoms with E-state index in [0.717, 1.165) is 40.5 Å². The molecule has 10 heteroatoms. The van der Waals surface area contributed by atoms with E-state index in [0.29, 0.717) is 0 Å². The van der Waals surface area contributed by atoms with Crippen LogP contribution in [0.1, 0.15) is 37.7 Å². The Balaban J connectivity index is 0.000000268. The maximum atomic E-state index is 10.4. The molecule has 0 amide bonds. The Labute approximate surface area is 214 Å². The molecule has 3 N–H and O–H groups in total. The van der Waals surface area contributed by atoms with E-state index >= 15 is 0 Å². The number of hydrogen-bond donors (Lipinski definition) is 3. The van der Waals surface area contributed by atoms with Crippen molar-refractivity contribution in [3.63, 3.8) is 0 Å². The number of aromatic carboxylic acids is 2. The zero-order chi connectivity index (χ0) is 24.8. The first-order chi connectivity index (χ1) is 16.2. The molecule has 35 heavy (non-hydrogen) atoms. The largest absolute Gasteiger partial charge is 0.473 e. The van der Waals surface area contributed by atoms with Crippen molar-refractivity contribution in [2.45, 2.75) is 20.8 Å². The summed E-state index contributed by atoms with van der Waals surface area (Å²) in [5.41, 5.74) is 6.08. The molecule has 0 aliphatic carbocycles. The van der Waals surface area contributed by atoms with Gasteiger partial charge in [0, 0.05) is 48.7 Å². The summed E-state index contributed by atoms with van der Waals surface area (Å²) in [6.07, 6.45) is 3.64. The standard InChI is InChI=1S/C18H17N3.C7H5NO5.Ru/c1-12-4-6-19-15(8-12)17-10-14(3)11-18(21-17)16-9-13(2)5-7-20-16;9-6(10)4-2-1-3-5(7(11)12)8(4)13;/h4-11H,1-3H3;1-3H,(H2-,9,10,11,12,13);/p+1. The summed E-state index contributed by atoms with van der Waals surface area (Å²) >= 11 is 0. The first-order valence-electron chi connectivity index (χ1n) is 10.2. The van der Waals surface area contributed by atoms with Crippen molar-refractivity contribution in [1.29, 1.82) is 0 Å². The number of hydrogen-bond acceptors (Lipinski definition) is 6. The molecule has 0 saturated carbocycles. The van der Waals surface area contributed by atoms with Gasteiger partial charge in [-0.3, -0.25) is 15.2 Å². The van der Waals surface area contributed by atoms with Gasteiger partial charge in [0.2, 0.25) is 0 Å². The number of rotatable bonds is 4. The molecular formula is C25H23N4O5Ru+. The molecule has 4 rings (SSSR count). The third-order valence-electron chi connectivity index (χ3n) is 4.73. The van der Waals surface area contributed by atoms with Crippen LogP contribution in [-0.2, 0) is 19.5 Å². The first-order valence-corrected chi connectivity index (χ1v) is 10.2. The van der Waals surface area contributed by atoms with Crippen LogP contribution in [0.15, 0.2) is 67.0 Å². The summed E-state index contributed by atoms with van der Waals surface area (Å²) < 4.78 is 0.116. The number of pyridine rings is 4. The van der Waals surface area contributed by atoms with Crippen molar-refractivity contribution >= 4 is 11.9 Å². The van der Waals surface area contributed by atoms with Gasteiger partial charge in [0.05, 0.1) is 22.8 Å². The fourth-order valence-electron chi connectivity index (χ4n) is 3.11. The Morgan fingerprint density at radius 2 is 1.09 bits per heavy atom. The molecule has 4 aromatic heterocycles. The van der Waals surface area contributed by atoms with Crippen LogP contribution in [0, 0.1) is 20.8 Å². The first kappa shape index (κ1) is 27.2. The van der Waals surface area contributed by atoms with Crippen LogP contribution in [0.5, 0.6) is 0 Å². The zero-order valence-corrected chi connectivity index (χ0v) is 20.9. The average Bonchev–Trinajstić information content (AvgIpc) is 2.79. The van der Waals surface area contributed by atoms with E-state index in [-0.39, 0.29) is 24.2 Å². The van der Waals surface area contributed by atoms with Gasteiger partial charge < -0.3 is 10.2 Å². The number of aryl methyl sites for hydroxylation is 3. The van der Waals surface area contributed by atoms with Crippen molar-refractivity contribution in [3.05, 3.63) is 95.1 Å². The second-order valence-electron chi connectivity index (χ2n) is 7.57. The Bertz CT molecular complexity index is 1280. The minimum atomic E-state index is -1.40. The van der Waals surface area contributed by atoms with Crippen LogP contribution in [-0.4, -0.2) is 42.3 Å². The third kappa shape index (κ3) is 6.97. The second-order valence-corrected chi connectivity index (χ2v) is 7.57. The summed E-state index contributed by atoms with van der Waals surface area (Å²) in [4.78, 5) is 34.4. The Morgan fingerprint density at radius 3 is 1.46 bits per heavy atom. The zero-order valence-electron chi connectivity index (χ0n) is 19.2. The number of carboxylic acids is 2. The van der Waals surface area contributed by atoms with Gasteiger partial charge in [-0.2, -0.15) is 0 Å². The van der Waals surface area contributed by atoms with Crippen molar-refractivity contribution in [1.82, 2.24) is 15.0 Å². The number of carbonyl (C=O) groups is 2. The van der Waals surface area contributed by atoms with Crippen molar-refractivity contribution in [3.8, 4) is 22.8 Å². The molecule has 0 radical (unpaired) electrons. The van der Waals surface area contributed by atoms with Gasteiger partial charge in [-0.1, -0.05) is 0 Å². The quantitative estimate of drug-likeness (QED) is 0.195. The van der Waals surface area contributed by atoms with E-state index in [2.05, 4.69) is 55.0 Å². The smallest absolute Gasteiger partial charge is 0.406 e. The van der Waals surface area contributed by atoms with Gasteiger partial charge in [-0.15, -0.1) is 0 Å². The van der Waals surface area contributed by atoms with Crippen molar-refractivity contribution in [2.24, 2.45) is 0 Å². The number of carboxylic acid groups (broad SMARTS) is 2. The summed E-state index contributed by atoms with van der Waals surface area (Å²) in [6, 6.07) is 15.6. The topological polar surface area (TPSA) is 137 Å². The van der Waals surface area contributed by atoms with Gasteiger partial charge in [-0.25, -0.2) is 14.6 Å². The summed E-state index contributed by atoms with van der Waals surface area (Å²) in [6.45, 7) is 6.19. The van der Waals surface area contributed by atoms with Crippen LogP contribution in [0.4, 0.5) is 0 Å². The SMILES string of the molecule is Cc1ccnc(-c2cc(C)cc(-c3cc(C)ccn3)n2)c1.O=C(O)c1cccc(C(=O)O)[n+]1O.[Ru]. The van der Waals surface area contributed by atoms with E-state index in [1.54, 1.807) is 0 Å². The Kier molecular flexibility index (Phi) is 9.25. The van der Waals surface area contributed by atoms with Crippen molar-refractivity contribution in [2.75, 3.05) is 0 Å². The molecule has 0 atom stereocenters. The third-order valence-corrected chi connectivity index (χ3v) is 4.73. The minimum Gasteiger partial charge on any atom is -0.473 e. The fourth-order valence-corrected chi connectivity index (χ4v) is 3.11. The van der Waals surface area contributed by atoms with E-state index in [1.165, 1.54) is 17.2 Å². The molecule has 4 heterocycles. The van der Waals surface area contributed by atoms with E-state index in [1.807, 2.05) is 24.5 Å². The summed E-state index contributed by atoms with van der Waals surface area (Å²) in [5.74, 6) is -2.80. The monoisotopic (exact) mass is 561 g/mol. The van der Waals surface area contributed by atoms with E-state index in [4.69, 9.17) is 20.4 Å². The molecule has 0 spiro atoms. The molecule has 0 bridgehead atoms. The van der Waals surface area contributed by atoms with E-state index in [9.17, 15) is 9.59 Å². The van der Waals surface area contributed by atoms with Gasteiger partial charge >= 0.3 is 23.3 Å². The Morgan fingerprint density at radius 1 is 0.686 bits per heavy atom. The van der Waals surface area contributed by atoms with Gasteiger partial charge in [0.15, 0.2) is 0 Å². The van der Waals surface area contributed by atoms with Crippen molar-refractivity contribution < 1.29 is 49.2 Å². The maximum Gasteiger partial charge on any atom is 0.406 e. The number of aromatic nitrogens is 4. The molecule has 0 fully saturated rings. The van der Waals surface area contributed by atoms with Gasteiger partial charge in [0.25, 0.3) is 0 Å². The molecular weight excluding hydrogens is 537 g/mol. The summed E-state index contributed by atoms with van der Waals surface area (Å²) in [5, 5.41) is 26.1. The molecule has 0 aromatic carbocycles. The molecule has 0 saturated heterocycles. The molecule has 180 valence electrons. The molecule has 0 aliphatic rings. The van der Waals surface area contributed by atoms with Gasteiger partial charge in [-0.05, 0) is 79.9 Å². The maximum absolute atomic E-state index is 10.4. The molecule has 9 nitrogen and oxygen atoms in total. The minimum absolute atomic E-state index is 0. The molecule has 0 unspecified atom stereocenters. The average molecular weight is 561 g/mol. The van der Waals surface area contributed by atoms with Gasteiger partial charge in [0.1, 0.15) is 0 Å². The molecule has 4 aromatic rings. The van der Waals surface area contributed by atoms with Crippen LogP contribution >= 0.6 is 0 Å². The Hall–Kier alpha value is -4.04. The van der Waals surface area contributed by atoms with Crippen LogP contribution in [0.3, 0.4) is 0 Å². The van der Waals surface area contributed by atoms with E-state index < -0.39 is 23.3 Å². The number of nitrogens with zero attached hydrogens (tertiary/aromatic N) is 4. The predicted molar refractivity (Wildman–Crippen MR) is 123 cm³/mol. The fraction of sp³-hybridized carbons (Fsp3) is 0.120. The molecule has 0 aliphatic heterocycles. The predicted octanol–water partition coefficient (Wildman–Crippen LogP) is 3.74.